The molecule has 4 rings (SSSR count). The maximum Gasteiger partial charge on any atom is 0.149 e. The molecule has 0 saturated heterocycles. The number of nitrogens with zero attached hydrogens (tertiary/aromatic N) is 2. The fourth-order valence-corrected chi connectivity index (χ4v) is 4.26. The van der Waals surface area contributed by atoms with E-state index in [1.807, 2.05) is 30.3 Å². The zero-order valence-corrected chi connectivity index (χ0v) is 16.9. The van der Waals surface area contributed by atoms with E-state index in [0.717, 1.165) is 43.0 Å². The predicted molar refractivity (Wildman–Crippen MR) is 114 cm³/mol. The summed E-state index contributed by atoms with van der Waals surface area (Å²) in [5, 5.41) is 11.6. The van der Waals surface area contributed by atoms with E-state index in [9.17, 15) is 5.11 Å². The Kier molecular flexibility index (Phi) is 5.26. The van der Waals surface area contributed by atoms with Crippen LogP contribution in [0.15, 0.2) is 59.6 Å². The highest BCUT2D eigenvalue weighted by Gasteiger charge is 2.49. The van der Waals surface area contributed by atoms with Crippen LogP contribution < -0.4 is 4.90 Å². The largest absolute Gasteiger partial charge is 0.377 e. The topological polar surface area (TPSA) is 45.1 Å². The average Bonchev–Trinajstić information content (AvgIpc) is 2.93. The number of anilines is 1. The number of hydrogen-bond acceptors (Lipinski definition) is 4. The van der Waals surface area contributed by atoms with E-state index in [0.29, 0.717) is 19.6 Å². The first kappa shape index (κ1) is 19.2. The summed E-state index contributed by atoms with van der Waals surface area (Å²) >= 11 is 0. The number of para-hydroxylation sites is 1. The third-order valence-electron chi connectivity index (χ3n) is 5.70. The Balaban J connectivity index is 1.38. The number of unbranched alkanes of at least 4 members (excludes halogenated alkanes) is 1. The minimum absolute atomic E-state index is 0.118. The van der Waals surface area contributed by atoms with Gasteiger partial charge in [0.1, 0.15) is 11.4 Å². The molecular weight excluding hydrogens is 348 g/mol. The van der Waals surface area contributed by atoms with Gasteiger partial charge in [-0.2, -0.15) is 0 Å². The summed E-state index contributed by atoms with van der Waals surface area (Å²) in [7, 11) is 0. The molecule has 2 aromatic carbocycles. The van der Waals surface area contributed by atoms with Gasteiger partial charge in [-0.25, -0.2) is 0 Å². The number of fused-ring (bicyclic) bond motifs is 3. The molecule has 0 spiro atoms. The number of aliphatic imine (C=N–C) groups is 1. The smallest absolute Gasteiger partial charge is 0.149 e. The third kappa shape index (κ3) is 3.71. The van der Waals surface area contributed by atoms with E-state index in [1.165, 1.54) is 5.56 Å². The zero-order chi connectivity index (χ0) is 19.6. The summed E-state index contributed by atoms with van der Waals surface area (Å²) in [6.45, 7) is 7.47. The summed E-state index contributed by atoms with van der Waals surface area (Å²) in [6.07, 6.45) is 2.50. The molecule has 4 heteroatoms. The van der Waals surface area contributed by atoms with Gasteiger partial charge in [0.05, 0.1) is 6.61 Å². The zero-order valence-electron chi connectivity index (χ0n) is 16.9. The van der Waals surface area contributed by atoms with Gasteiger partial charge < -0.3 is 14.7 Å². The van der Waals surface area contributed by atoms with Crippen LogP contribution in [0.25, 0.3) is 0 Å². The van der Waals surface area contributed by atoms with E-state index in [-0.39, 0.29) is 5.41 Å². The van der Waals surface area contributed by atoms with Gasteiger partial charge in [-0.1, -0.05) is 62.4 Å². The van der Waals surface area contributed by atoms with Crippen molar-refractivity contribution in [2.45, 2.75) is 45.3 Å². The maximum atomic E-state index is 11.6. The Hall–Kier alpha value is -2.17. The second kappa shape index (κ2) is 7.69. The molecule has 0 aromatic heterocycles. The van der Waals surface area contributed by atoms with E-state index in [2.05, 4.69) is 43.0 Å². The molecule has 2 heterocycles. The molecule has 4 nitrogen and oxygen atoms in total. The van der Waals surface area contributed by atoms with Gasteiger partial charge in [0.25, 0.3) is 0 Å². The predicted octanol–water partition coefficient (Wildman–Crippen LogP) is 4.52. The van der Waals surface area contributed by atoms with Gasteiger partial charge in [0, 0.05) is 36.4 Å². The normalized spacial score (nSPS) is 22.5. The molecule has 0 amide bonds. The van der Waals surface area contributed by atoms with Crippen LogP contribution in [0.3, 0.4) is 0 Å². The first-order valence-corrected chi connectivity index (χ1v) is 10.3. The van der Waals surface area contributed by atoms with Crippen molar-refractivity contribution >= 4 is 11.5 Å². The van der Waals surface area contributed by atoms with Crippen molar-refractivity contribution in [2.24, 2.45) is 10.4 Å². The molecule has 2 aromatic rings. The molecule has 148 valence electrons. The monoisotopic (exact) mass is 378 g/mol. The summed E-state index contributed by atoms with van der Waals surface area (Å²) in [5.74, 6) is 0.832. The molecule has 1 atom stereocenters. The molecule has 1 N–H and O–H groups in total. The summed E-state index contributed by atoms with van der Waals surface area (Å²) in [6, 6.07) is 18.4. The van der Waals surface area contributed by atoms with Crippen molar-refractivity contribution in [3.63, 3.8) is 0 Å². The van der Waals surface area contributed by atoms with E-state index in [1.54, 1.807) is 0 Å². The minimum atomic E-state index is -0.980. The number of aliphatic hydroxyl groups is 1. The lowest BCUT2D eigenvalue weighted by molar-refractivity contribution is 0.0860. The molecule has 0 bridgehead atoms. The first-order valence-electron chi connectivity index (χ1n) is 10.3. The number of amidine groups is 1. The Morgan fingerprint density at radius 3 is 2.61 bits per heavy atom. The Bertz CT molecular complexity index is 847. The highest BCUT2D eigenvalue weighted by Crippen LogP contribution is 2.46. The summed E-state index contributed by atoms with van der Waals surface area (Å²) in [5.41, 5.74) is 2.44. The van der Waals surface area contributed by atoms with Gasteiger partial charge in [-0.3, -0.25) is 4.99 Å². The molecule has 1 unspecified atom stereocenters. The molecule has 0 saturated carbocycles. The molecular formula is C24H30N2O2. The van der Waals surface area contributed by atoms with Crippen molar-refractivity contribution < 1.29 is 9.84 Å². The molecule has 2 aliphatic heterocycles. The van der Waals surface area contributed by atoms with Gasteiger partial charge in [-0.05, 0) is 30.9 Å². The van der Waals surface area contributed by atoms with Crippen molar-refractivity contribution in [1.82, 2.24) is 0 Å². The number of benzene rings is 2. The number of rotatable bonds is 7. The van der Waals surface area contributed by atoms with Crippen LogP contribution in [-0.2, 0) is 16.9 Å². The molecule has 0 fully saturated rings. The quantitative estimate of drug-likeness (QED) is 0.721. The van der Waals surface area contributed by atoms with Crippen LogP contribution in [0.2, 0.25) is 0 Å². The van der Waals surface area contributed by atoms with Crippen molar-refractivity contribution in [3.05, 3.63) is 65.7 Å². The summed E-state index contributed by atoms with van der Waals surface area (Å²) < 4.78 is 5.80. The molecule has 0 radical (unpaired) electrons. The standard InChI is InChI=1S/C24H30N2O2/c1-23(2)17-25-22-24(27,20-12-6-7-13-21(20)26(22)18-23)14-8-9-15-28-16-19-10-4-3-5-11-19/h3-7,10-13,27H,8-9,14-18H2,1-2H3. The van der Waals surface area contributed by atoms with Crippen LogP contribution in [0, 0.1) is 5.41 Å². The van der Waals surface area contributed by atoms with E-state index < -0.39 is 5.60 Å². The SMILES string of the molecule is CC1(C)CN=C2N(C1)c1ccccc1C2(O)CCCCOCc1ccccc1. The lowest BCUT2D eigenvalue weighted by atomic mass is 9.87. The molecule has 0 aliphatic carbocycles. The lowest BCUT2D eigenvalue weighted by Crippen LogP contribution is -2.48. The highest BCUT2D eigenvalue weighted by atomic mass is 16.5. The molecule has 2 aliphatic rings. The van der Waals surface area contributed by atoms with E-state index in [4.69, 9.17) is 9.73 Å². The van der Waals surface area contributed by atoms with Crippen LogP contribution in [-0.4, -0.2) is 30.6 Å². The molecule has 28 heavy (non-hydrogen) atoms. The van der Waals surface area contributed by atoms with Crippen LogP contribution in [0.5, 0.6) is 0 Å². The van der Waals surface area contributed by atoms with Crippen LogP contribution in [0.1, 0.15) is 44.2 Å². The number of ether oxygens (including phenoxy) is 1. The number of hydrogen-bond donors (Lipinski definition) is 1. The Morgan fingerprint density at radius 1 is 1.04 bits per heavy atom. The van der Waals surface area contributed by atoms with Crippen LogP contribution in [0.4, 0.5) is 5.69 Å². The summed E-state index contributed by atoms with van der Waals surface area (Å²) in [4.78, 5) is 7.06. The van der Waals surface area contributed by atoms with Gasteiger partial charge in [0.2, 0.25) is 0 Å². The van der Waals surface area contributed by atoms with Gasteiger partial charge in [0.15, 0.2) is 0 Å². The Morgan fingerprint density at radius 2 is 1.79 bits per heavy atom. The fraction of sp³-hybridized carbons (Fsp3) is 0.458. The fourth-order valence-electron chi connectivity index (χ4n) is 4.26. The highest BCUT2D eigenvalue weighted by molar-refractivity contribution is 6.10. The van der Waals surface area contributed by atoms with Crippen LogP contribution >= 0.6 is 0 Å². The van der Waals surface area contributed by atoms with E-state index >= 15 is 0 Å². The maximum absolute atomic E-state index is 11.6. The first-order chi connectivity index (χ1) is 13.5. The van der Waals surface area contributed by atoms with Gasteiger partial charge in [-0.15, -0.1) is 0 Å². The second-order valence-corrected chi connectivity index (χ2v) is 8.76. The third-order valence-corrected chi connectivity index (χ3v) is 5.70. The Labute approximate surface area is 167 Å². The van der Waals surface area contributed by atoms with Crippen molar-refractivity contribution in [1.29, 1.82) is 0 Å². The average molecular weight is 379 g/mol. The van der Waals surface area contributed by atoms with Gasteiger partial charge >= 0.3 is 0 Å². The van der Waals surface area contributed by atoms with Crippen molar-refractivity contribution in [2.75, 3.05) is 24.6 Å². The minimum Gasteiger partial charge on any atom is -0.377 e. The lowest BCUT2D eigenvalue weighted by Gasteiger charge is -2.37. The second-order valence-electron chi connectivity index (χ2n) is 8.76. The van der Waals surface area contributed by atoms with Crippen molar-refractivity contribution in [3.8, 4) is 0 Å².